The van der Waals surface area contributed by atoms with Crippen molar-refractivity contribution in [1.82, 2.24) is 5.32 Å². The van der Waals surface area contributed by atoms with Gasteiger partial charge in [0.25, 0.3) is 0 Å². The molecule has 0 saturated carbocycles. The molecule has 0 heterocycles. The fraction of sp³-hybridized carbons (Fsp3) is 0.154. The van der Waals surface area contributed by atoms with E-state index in [0.717, 1.165) is 12.1 Å². The third-order valence-corrected chi connectivity index (χ3v) is 4.99. The maximum atomic E-state index is 12.9. The molecule has 1 atom stereocenters. The lowest BCUT2D eigenvalue weighted by molar-refractivity contribution is -0.274. The normalized spacial score (nSPS) is 12.2. The van der Waals surface area contributed by atoms with Crippen molar-refractivity contribution >= 4 is 35.0 Å². The molecule has 194 valence electrons. The number of nitrogens with two attached hydrogens (primary N) is 1. The van der Waals surface area contributed by atoms with Crippen LogP contribution in [0.3, 0.4) is 0 Å². The quantitative estimate of drug-likeness (QED) is 0.205. The molecule has 3 rings (SSSR count). The van der Waals surface area contributed by atoms with E-state index in [4.69, 9.17) is 5.73 Å². The molecule has 0 saturated heterocycles. The zero-order valence-corrected chi connectivity index (χ0v) is 19.5. The summed E-state index contributed by atoms with van der Waals surface area (Å²) in [5.41, 5.74) is 8.29. The van der Waals surface area contributed by atoms with Gasteiger partial charge in [0.05, 0.1) is 18.0 Å². The van der Waals surface area contributed by atoms with Crippen LogP contribution in [-0.2, 0) is 9.59 Å². The fourth-order valence-electron chi connectivity index (χ4n) is 3.28. The third kappa shape index (κ3) is 8.67. The van der Waals surface area contributed by atoms with Crippen LogP contribution in [0.2, 0.25) is 0 Å². The summed E-state index contributed by atoms with van der Waals surface area (Å²) in [6, 6.07) is 17.5. The van der Waals surface area contributed by atoms with E-state index in [1.165, 1.54) is 18.2 Å². The first-order valence-corrected chi connectivity index (χ1v) is 11.1. The Morgan fingerprint density at radius 3 is 2.27 bits per heavy atom. The predicted molar refractivity (Wildman–Crippen MR) is 135 cm³/mol. The molecule has 0 radical (unpaired) electrons. The van der Waals surface area contributed by atoms with E-state index in [0.29, 0.717) is 22.5 Å². The number of carbonyl (C=O) groups is 2. The minimum Gasteiger partial charge on any atom is -0.406 e. The molecule has 0 fully saturated rings. The van der Waals surface area contributed by atoms with Gasteiger partial charge in [0, 0.05) is 18.3 Å². The fourth-order valence-corrected chi connectivity index (χ4v) is 3.28. The third-order valence-electron chi connectivity index (χ3n) is 4.99. The van der Waals surface area contributed by atoms with Crippen LogP contribution in [0.5, 0.6) is 5.75 Å². The summed E-state index contributed by atoms with van der Waals surface area (Å²) in [5.74, 6) is -1.26. The minimum atomic E-state index is -4.81. The standard InChI is InChI=1S/C26H25F3N4O4/c27-26(28,29)37-20-12-10-19(11-13-20)32-25(36)24(31-15-16-34)18-8-5-17(6-9-18)7-14-23(35)33-22-4-2-1-3-21(22)30/h1-14,24,31,34H,15-16,30H2,(H,32,36)(H,33,35). The maximum Gasteiger partial charge on any atom is 0.573 e. The van der Waals surface area contributed by atoms with E-state index in [2.05, 4.69) is 20.7 Å². The van der Waals surface area contributed by atoms with Crippen LogP contribution in [0.15, 0.2) is 78.9 Å². The predicted octanol–water partition coefficient (Wildman–Crippen LogP) is 4.08. The number of ether oxygens (including phenoxy) is 1. The van der Waals surface area contributed by atoms with E-state index < -0.39 is 24.1 Å². The number of aliphatic hydroxyl groups is 1. The summed E-state index contributed by atoms with van der Waals surface area (Å²) in [7, 11) is 0. The highest BCUT2D eigenvalue weighted by atomic mass is 19.4. The number of nitrogens with one attached hydrogen (secondary N) is 3. The first kappa shape index (κ1) is 27.2. The van der Waals surface area contributed by atoms with Gasteiger partial charge in [-0.25, -0.2) is 0 Å². The van der Waals surface area contributed by atoms with E-state index in [9.17, 15) is 27.9 Å². The molecule has 2 amide bonds. The van der Waals surface area contributed by atoms with E-state index in [1.807, 2.05) is 0 Å². The van der Waals surface area contributed by atoms with Gasteiger partial charge in [0.2, 0.25) is 11.8 Å². The van der Waals surface area contributed by atoms with Crippen molar-refractivity contribution in [3.63, 3.8) is 0 Å². The highest BCUT2D eigenvalue weighted by Crippen LogP contribution is 2.25. The van der Waals surface area contributed by atoms with Crippen molar-refractivity contribution < 1.29 is 32.6 Å². The summed E-state index contributed by atoms with van der Waals surface area (Å²) < 4.78 is 40.8. The number of amides is 2. The molecular weight excluding hydrogens is 489 g/mol. The molecular formula is C26H25F3N4O4. The van der Waals surface area contributed by atoms with Gasteiger partial charge < -0.3 is 26.2 Å². The molecule has 11 heteroatoms. The number of aliphatic hydroxyl groups excluding tert-OH is 1. The zero-order valence-electron chi connectivity index (χ0n) is 19.5. The lowest BCUT2D eigenvalue weighted by Gasteiger charge is -2.19. The van der Waals surface area contributed by atoms with Crippen molar-refractivity contribution in [3.8, 4) is 5.75 Å². The number of para-hydroxylation sites is 2. The number of benzene rings is 3. The Morgan fingerprint density at radius 1 is 0.973 bits per heavy atom. The van der Waals surface area contributed by atoms with Crippen LogP contribution in [0.25, 0.3) is 6.08 Å². The Bertz CT molecular complexity index is 1230. The van der Waals surface area contributed by atoms with Gasteiger partial charge in [-0.15, -0.1) is 13.2 Å². The Morgan fingerprint density at radius 2 is 1.65 bits per heavy atom. The number of carbonyl (C=O) groups excluding carboxylic acids is 2. The SMILES string of the molecule is Nc1ccccc1NC(=O)C=Cc1ccc(C(NCCO)C(=O)Nc2ccc(OC(F)(F)F)cc2)cc1. The number of nitrogen functional groups attached to an aromatic ring is 1. The largest absolute Gasteiger partial charge is 0.573 e. The summed E-state index contributed by atoms with van der Waals surface area (Å²) >= 11 is 0. The number of hydrogen-bond acceptors (Lipinski definition) is 6. The molecule has 0 bridgehead atoms. The maximum absolute atomic E-state index is 12.9. The monoisotopic (exact) mass is 514 g/mol. The summed E-state index contributed by atoms with van der Waals surface area (Å²) in [5, 5.41) is 17.4. The van der Waals surface area contributed by atoms with Gasteiger partial charge in [0.1, 0.15) is 11.8 Å². The lowest BCUT2D eigenvalue weighted by atomic mass is 10.0. The van der Waals surface area contributed by atoms with Gasteiger partial charge in [-0.2, -0.15) is 0 Å². The smallest absolute Gasteiger partial charge is 0.406 e. The summed E-state index contributed by atoms with van der Waals surface area (Å²) in [6.45, 7) is -0.0873. The molecule has 3 aromatic carbocycles. The lowest BCUT2D eigenvalue weighted by Crippen LogP contribution is -2.34. The Labute approximate surface area is 210 Å². The number of hydrogen-bond donors (Lipinski definition) is 5. The van der Waals surface area contributed by atoms with Gasteiger partial charge in [-0.1, -0.05) is 36.4 Å². The number of rotatable bonds is 10. The average molecular weight is 515 g/mol. The minimum absolute atomic E-state index is 0.126. The second kappa shape index (κ2) is 12.6. The van der Waals surface area contributed by atoms with Crippen molar-refractivity contribution in [2.75, 3.05) is 29.5 Å². The van der Waals surface area contributed by atoms with Crippen molar-refractivity contribution in [1.29, 1.82) is 0 Å². The highest BCUT2D eigenvalue weighted by molar-refractivity contribution is 6.03. The molecule has 37 heavy (non-hydrogen) atoms. The van der Waals surface area contributed by atoms with Crippen LogP contribution < -0.4 is 26.4 Å². The van der Waals surface area contributed by atoms with E-state index >= 15 is 0 Å². The number of halogens is 3. The molecule has 0 aliphatic carbocycles. The molecule has 0 aromatic heterocycles. The van der Waals surface area contributed by atoms with Gasteiger partial charge in [-0.05, 0) is 53.6 Å². The molecule has 8 nitrogen and oxygen atoms in total. The van der Waals surface area contributed by atoms with E-state index in [1.54, 1.807) is 54.6 Å². The Hall–Kier alpha value is -4.35. The molecule has 3 aromatic rings. The van der Waals surface area contributed by atoms with Crippen LogP contribution in [0, 0.1) is 0 Å². The van der Waals surface area contributed by atoms with Gasteiger partial charge >= 0.3 is 6.36 Å². The Kier molecular flexibility index (Phi) is 9.25. The molecule has 0 aliphatic rings. The van der Waals surface area contributed by atoms with Gasteiger partial charge in [-0.3, -0.25) is 14.9 Å². The van der Waals surface area contributed by atoms with Crippen molar-refractivity contribution in [3.05, 3.63) is 90.0 Å². The number of alkyl halides is 3. The zero-order chi connectivity index (χ0) is 26.8. The van der Waals surface area contributed by atoms with Crippen LogP contribution in [0.4, 0.5) is 30.2 Å². The molecule has 1 unspecified atom stereocenters. The van der Waals surface area contributed by atoms with Gasteiger partial charge in [0.15, 0.2) is 0 Å². The average Bonchev–Trinajstić information content (AvgIpc) is 2.85. The number of anilines is 3. The topological polar surface area (TPSA) is 126 Å². The molecule has 0 aliphatic heterocycles. The van der Waals surface area contributed by atoms with Crippen molar-refractivity contribution in [2.45, 2.75) is 12.4 Å². The van der Waals surface area contributed by atoms with Crippen molar-refractivity contribution in [2.24, 2.45) is 0 Å². The van der Waals surface area contributed by atoms with E-state index in [-0.39, 0.29) is 24.7 Å². The Balaban J connectivity index is 1.65. The first-order valence-electron chi connectivity index (χ1n) is 11.1. The summed E-state index contributed by atoms with van der Waals surface area (Å²) in [6.07, 6.45) is -1.87. The highest BCUT2D eigenvalue weighted by Gasteiger charge is 2.31. The first-order chi connectivity index (χ1) is 17.6. The second-order valence-electron chi connectivity index (χ2n) is 7.75. The molecule has 0 spiro atoms. The van der Waals surface area contributed by atoms with Crippen LogP contribution in [0.1, 0.15) is 17.2 Å². The summed E-state index contributed by atoms with van der Waals surface area (Å²) in [4.78, 5) is 25.1. The van der Waals surface area contributed by atoms with Crippen LogP contribution in [-0.4, -0.2) is 36.4 Å². The molecule has 6 N–H and O–H groups in total. The second-order valence-corrected chi connectivity index (χ2v) is 7.75. The van der Waals surface area contributed by atoms with Crippen LogP contribution >= 0.6 is 0 Å².